The van der Waals surface area contributed by atoms with Crippen LogP contribution in [0.5, 0.6) is 0 Å². The van der Waals surface area contributed by atoms with E-state index in [2.05, 4.69) is 57.4 Å². The number of unbranched alkanes of at least 4 members (excludes halogenated alkanes) is 1. The van der Waals surface area contributed by atoms with Crippen LogP contribution >= 0.6 is 0 Å². The van der Waals surface area contributed by atoms with E-state index in [0.29, 0.717) is 0 Å². The Balaban J connectivity index is 1.45. The molecule has 2 heterocycles. The monoisotopic (exact) mass is 332 g/mol. The molecule has 0 spiro atoms. The Morgan fingerprint density at radius 3 is 1.46 bits per heavy atom. The summed E-state index contributed by atoms with van der Waals surface area (Å²) < 4.78 is 4.52. The molecule has 0 aromatic carbocycles. The van der Waals surface area contributed by atoms with Crippen LogP contribution in [-0.2, 0) is 13.1 Å². The van der Waals surface area contributed by atoms with Crippen molar-refractivity contribution in [2.24, 2.45) is 0 Å². The zero-order chi connectivity index (χ0) is 17.4. The summed E-state index contributed by atoms with van der Waals surface area (Å²) in [5.74, 6) is 2.20. The van der Waals surface area contributed by atoms with Gasteiger partial charge in [0.2, 0.25) is 0 Å². The van der Waals surface area contributed by atoms with Crippen LogP contribution in [0.2, 0.25) is 0 Å². The average Bonchev–Trinajstić information content (AvgIpc) is 3.05. The lowest BCUT2D eigenvalue weighted by Gasteiger charge is -2.10. The second-order valence-corrected chi connectivity index (χ2v) is 6.40. The highest BCUT2D eigenvalue weighted by Crippen LogP contribution is 2.02. The van der Waals surface area contributed by atoms with Gasteiger partial charge in [0.25, 0.3) is 0 Å². The van der Waals surface area contributed by atoms with Crippen LogP contribution in [-0.4, -0.2) is 45.3 Å². The number of imidazole rings is 2. The van der Waals surface area contributed by atoms with Crippen molar-refractivity contribution in [1.29, 1.82) is 0 Å². The molecule has 24 heavy (non-hydrogen) atoms. The van der Waals surface area contributed by atoms with Gasteiger partial charge in [0, 0.05) is 50.0 Å². The van der Waals surface area contributed by atoms with Gasteiger partial charge in [0.15, 0.2) is 0 Å². The molecule has 0 aliphatic carbocycles. The molecule has 0 saturated carbocycles. The third-order valence-electron chi connectivity index (χ3n) is 4.49. The van der Waals surface area contributed by atoms with Gasteiger partial charge in [0.1, 0.15) is 11.6 Å². The molecule has 2 aromatic heterocycles. The number of rotatable bonds is 11. The van der Waals surface area contributed by atoms with E-state index in [0.717, 1.165) is 50.9 Å². The van der Waals surface area contributed by atoms with Crippen molar-refractivity contribution >= 4 is 0 Å². The van der Waals surface area contributed by atoms with Gasteiger partial charge < -0.3 is 19.8 Å². The average molecular weight is 332 g/mol. The molecule has 6 heteroatoms. The fourth-order valence-corrected chi connectivity index (χ4v) is 2.97. The summed E-state index contributed by atoms with van der Waals surface area (Å²) in [4.78, 5) is 8.65. The molecule has 2 rings (SSSR count). The van der Waals surface area contributed by atoms with Gasteiger partial charge in [0.05, 0.1) is 0 Å². The standard InChI is InChI=1S/C18H32N6/c1-15-13-21-17(3)23(15)11-9-19-7-5-6-8-20-10-12-24-16(2)14-22-18(24)4/h13-14,19-20H,5-12H2,1-4H3. The van der Waals surface area contributed by atoms with E-state index in [-0.39, 0.29) is 0 Å². The maximum absolute atomic E-state index is 4.32. The van der Waals surface area contributed by atoms with E-state index in [1.807, 2.05) is 12.4 Å². The Kier molecular flexibility index (Phi) is 7.46. The van der Waals surface area contributed by atoms with Gasteiger partial charge in [-0.3, -0.25) is 0 Å². The van der Waals surface area contributed by atoms with Crippen LogP contribution in [0.15, 0.2) is 12.4 Å². The Labute approximate surface area is 145 Å². The second kappa shape index (κ2) is 9.59. The SMILES string of the molecule is Cc1cnc(C)n1CCNCCCCNCCn1c(C)cnc1C. The largest absolute Gasteiger partial charge is 0.331 e. The van der Waals surface area contributed by atoms with Crippen molar-refractivity contribution in [1.82, 2.24) is 29.7 Å². The number of nitrogens with zero attached hydrogens (tertiary/aromatic N) is 4. The number of nitrogens with one attached hydrogen (secondary N) is 2. The Hall–Kier alpha value is -1.66. The number of aromatic nitrogens is 4. The molecule has 0 radical (unpaired) electrons. The zero-order valence-corrected chi connectivity index (χ0v) is 15.6. The Bertz CT molecular complexity index is 520. The van der Waals surface area contributed by atoms with Crippen LogP contribution in [0, 0.1) is 27.7 Å². The van der Waals surface area contributed by atoms with Crippen molar-refractivity contribution in [3.8, 4) is 0 Å². The van der Waals surface area contributed by atoms with E-state index < -0.39 is 0 Å². The minimum absolute atomic E-state index is 1.000. The summed E-state index contributed by atoms with van der Waals surface area (Å²) in [6.45, 7) is 14.5. The molecule has 0 aliphatic heterocycles. The fraction of sp³-hybridized carbons (Fsp3) is 0.667. The van der Waals surface area contributed by atoms with Gasteiger partial charge in [-0.1, -0.05) is 0 Å². The minimum Gasteiger partial charge on any atom is -0.331 e. The smallest absolute Gasteiger partial charge is 0.105 e. The van der Waals surface area contributed by atoms with E-state index in [1.54, 1.807) is 0 Å². The van der Waals surface area contributed by atoms with E-state index >= 15 is 0 Å². The van der Waals surface area contributed by atoms with Gasteiger partial charge in [-0.2, -0.15) is 0 Å². The molecule has 0 atom stereocenters. The van der Waals surface area contributed by atoms with Crippen molar-refractivity contribution < 1.29 is 0 Å². The fourth-order valence-electron chi connectivity index (χ4n) is 2.97. The van der Waals surface area contributed by atoms with Crippen molar-refractivity contribution in [2.75, 3.05) is 26.2 Å². The first-order chi connectivity index (χ1) is 11.6. The third-order valence-corrected chi connectivity index (χ3v) is 4.49. The predicted octanol–water partition coefficient (Wildman–Crippen LogP) is 1.97. The summed E-state index contributed by atoms with van der Waals surface area (Å²) in [5, 5.41) is 7.04. The highest BCUT2D eigenvalue weighted by molar-refractivity contribution is 5.02. The van der Waals surface area contributed by atoms with Crippen LogP contribution in [0.1, 0.15) is 35.9 Å². The quantitative estimate of drug-likeness (QED) is 0.618. The van der Waals surface area contributed by atoms with Crippen molar-refractivity contribution in [3.63, 3.8) is 0 Å². The maximum Gasteiger partial charge on any atom is 0.105 e. The van der Waals surface area contributed by atoms with Gasteiger partial charge in [-0.15, -0.1) is 0 Å². The Morgan fingerprint density at radius 1 is 0.708 bits per heavy atom. The molecular weight excluding hydrogens is 300 g/mol. The van der Waals surface area contributed by atoms with E-state index in [4.69, 9.17) is 0 Å². The van der Waals surface area contributed by atoms with Crippen molar-refractivity contribution in [3.05, 3.63) is 35.4 Å². The third kappa shape index (κ3) is 5.46. The normalized spacial score (nSPS) is 11.3. The van der Waals surface area contributed by atoms with E-state index in [9.17, 15) is 0 Å². The number of aryl methyl sites for hydroxylation is 4. The summed E-state index contributed by atoms with van der Waals surface area (Å²) in [6.07, 6.45) is 6.29. The molecule has 0 fully saturated rings. The molecule has 0 unspecified atom stereocenters. The highest BCUT2D eigenvalue weighted by atomic mass is 15.1. The molecule has 0 bridgehead atoms. The molecule has 0 aliphatic rings. The second-order valence-electron chi connectivity index (χ2n) is 6.40. The maximum atomic E-state index is 4.32. The van der Waals surface area contributed by atoms with Gasteiger partial charge in [-0.05, 0) is 53.6 Å². The minimum atomic E-state index is 1.000. The van der Waals surface area contributed by atoms with Crippen LogP contribution < -0.4 is 10.6 Å². The highest BCUT2D eigenvalue weighted by Gasteiger charge is 2.02. The Morgan fingerprint density at radius 2 is 1.12 bits per heavy atom. The number of hydrogen-bond acceptors (Lipinski definition) is 4. The molecule has 0 amide bonds. The molecule has 6 nitrogen and oxygen atoms in total. The van der Waals surface area contributed by atoms with Gasteiger partial charge >= 0.3 is 0 Å². The summed E-state index contributed by atoms with van der Waals surface area (Å²) in [6, 6.07) is 0. The van der Waals surface area contributed by atoms with Gasteiger partial charge in [-0.25, -0.2) is 9.97 Å². The molecule has 0 saturated heterocycles. The number of hydrogen-bond donors (Lipinski definition) is 2. The first kappa shape index (κ1) is 18.7. The van der Waals surface area contributed by atoms with Crippen LogP contribution in [0.25, 0.3) is 0 Å². The van der Waals surface area contributed by atoms with E-state index in [1.165, 1.54) is 24.2 Å². The summed E-state index contributed by atoms with van der Waals surface area (Å²) in [5.41, 5.74) is 2.48. The van der Waals surface area contributed by atoms with Crippen LogP contribution in [0.4, 0.5) is 0 Å². The molecule has 2 N–H and O–H groups in total. The van der Waals surface area contributed by atoms with Crippen molar-refractivity contribution in [2.45, 2.75) is 53.6 Å². The summed E-state index contributed by atoms with van der Waals surface area (Å²) in [7, 11) is 0. The predicted molar refractivity (Wildman–Crippen MR) is 98.4 cm³/mol. The lowest BCUT2D eigenvalue weighted by atomic mass is 10.3. The first-order valence-corrected chi connectivity index (χ1v) is 8.98. The molecular formula is C18H32N6. The zero-order valence-electron chi connectivity index (χ0n) is 15.6. The molecule has 134 valence electrons. The lowest BCUT2D eigenvalue weighted by molar-refractivity contribution is 0.532. The first-order valence-electron chi connectivity index (χ1n) is 8.98. The topological polar surface area (TPSA) is 59.7 Å². The molecule has 2 aromatic rings. The lowest BCUT2D eigenvalue weighted by Crippen LogP contribution is -2.24. The van der Waals surface area contributed by atoms with Crippen LogP contribution in [0.3, 0.4) is 0 Å². The summed E-state index contributed by atoms with van der Waals surface area (Å²) >= 11 is 0.